The van der Waals surface area contributed by atoms with Crippen LogP contribution in [0.4, 0.5) is 0 Å². The Balaban J connectivity index is 1.34. The van der Waals surface area contributed by atoms with Crippen LogP contribution in [-0.2, 0) is 23.7 Å². The van der Waals surface area contributed by atoms with Gasteiger partial charge in [-0.2, -0.15) is 0 Å². The summed E-state index contributed by atoms with van der Waals surface area (Å²) in [6.45, 7) is 4.64. The van der Waals surface area contributed by atoms with E-state index < -0.39 is 103 Å². The van der Waals surface area contributed by atoms with E-state index in [1.807, 2.05) is 0 Å². The van der Waals surface area contributed by atoms with Crippen molar-refractivity contribution in [1.82, 2.24) is 0 Å². The number of phenolic OH excluding ortho intramolecular Hbond substituents is 1. The fourth-order valence-electron chi connectivity index (χ4n) is 6.66. The Labute approximate surface area is 289 Å². The highest BCUT2D eigenvalue weighted by Gasteiger charge is 2.58. The lowest BCUT2D eigenvalue weighted by Gasteiger charge is -2.55. The van der Waals surface area contributed by atoms with Gasteiger partial charge in [0.25, 0.3) is 0 Å². The second-order valence-electron chi connectivity index (χ2n) is 14.1. The van der Waals surface area contributed by atoms with Crippen LogP contribution in [0.1, 0.15) is 50.9 Å². The van der Waals surface area contributed by atoms with Crippen molar-refractivity contribution in [3.05, 3.63) is 29.8 Å². The molecular formula is C33H50O17. The van der Waals surface area contributed by atoms with E-state index in [2.05, 4.69) is 0 Å². The SMILES string of the molecule is COc1cc(C(=O)OC[C@]2(O)CO[C@@H](OC[C@H]3O[C@@H](O[C@H](C)/C=C/[C@]4(O)C(C)(C)C[C@@H](O)C[C@]4(C)O)[C@H](O)[C@@H](O)[C@@H]3O)[C@@H]2O)cc(OC)c1O. The van der Waals surface area contributed by atoms with E-state index in [1.165, 1.54) is 45.4 Å². The Morgan fingerprint density at radius 1 is 0.960 bits per heavy atom. The first-order valence-corrected chi connectivity index (χ1v) is 16.1. The second-order valence-corrected chi connectivity index (χ2v) is 14.1. The Morgan fingerprint density at radius 3 is 2.16 bits per heavy atom. The van der Waals surface area contributed by atoms with Crippen molar-refractivity contribution in [2.24, 2.45) is 5.41 Å². The van der Waals surface area contributed by atoms with Gasteiger partial charge in [-0.3, -0.25) is 0 Å². The second kappa shape index (κ2) is 15.1. The molecule has 3 fully saturated rings. The fraction of sp³-hybridized carbons (Fsp3) is 0.727. The van der Waals surface area contributed by atoms with E-state index in [4.69, 9.17) is 33.2 Å². The van der Waals surface area contributed by atoms with Crippen molar-refractivity contribution in [2.45, 2.75) is 113 Å². The standard InChI is InChI=1S/C33H50O17/c1-16(7-8-33(43)30(2,3)11-18(34)12-31(33,4)41)49-28-25(38)24(37)23(36)21(50-28)13-46-29-26(39)32(42,15-48-29)14-47-27(40)17-9-19(44-5)22(35)20(10-17)45-6/h7-10,16,18,21,23-26,28-29,34-39,41-43H,11-15H2,1-6H3/b8-7+/t16-,18-,21-,23-,24+,25-,26+,28-,29-,31+,32+,33+/m1/s1. The van der Waals surface area contributed by atoms with Crippen LogP contribution in [-0.4, -0.2) is 158 Å². The number of aromatic hydroxyl groups is 1. The number of carbonyl (C=O) groups is 1. The zero-order valence-corrected chi connectivity index (χ0v) is 28.8. The van der Waals surface area contributed by atoms with E-state index in [0.717, 1.165) is 0 Å². The lowest BCUT2D eigenvalue weighted by molar-refractivity contribution is -0.314. The Bertz CT molecular complexity index is 1320. The molecular weight excluding hydrogens is 668 g/mol. The monoisotopic (exact) mass is 718 g/mol. The van der Waals surface area contributed by atoms with Crippen molar-refractivity contribution >= 4 is 5.97 Å². The normalized spacial score (nSPS) is 39.3. The van der Waals surface area contributed by atoms with Crippen LogP contribution in [0.25, 0.3) is 0 Å². The number of esters is 1. The number of hydrogen-bond acceptors (Lipinski definition) is 17. The molecule has 1 aromatic carbocycles. The topological polar surface area (TPSA) is 264 Å². The van der Waals surface area contributed by atoms with E-state index in [1.54, 1.807) is 20.8 Å². The summed E-state index contributed by atoms with van der Waals surface area (Å²) in [7, 11) is 2.55. The summed E-state index contributed by atoms with van der Waals surface area (Å²) >= 11 is 0. The maximum Gasteiger partial charge on any atom is 0.338 e. The predicted octanol–water partition coefficient (Wildman–Crippen LogP) is -1.54. The molecule has 0 spiro atoms. The molecule has 0 radical (unpaired) electrons. The van der Waals surface area contributed by atoms with Crippen LogP contribution < -0.4 is 9.47 Å². The molecule has 1 aliphatic carbocycles. The first kappa shape index (κ1) is 40.1. The highest BCUT2D eigenvalue weighted by Crippen LogP contribution is 2.50. The highest BCUT2D eigenvalue weighted by atomic mass is 16.7. The molecule has 0 unspecified atom stereocenters. The van der Waals surface area contributed by atoms with Crippen LogP contribution in [0.15, 0.2) is 24.3 Å². The highest BCUT2D eigenvalue weighted by molar-refractivity contribution is 5.91. The van der Waals surface area contributed by atoms with Crippen LogP contribution in [0, 0.1) is 5.41 Å². The first-order chi connectivity index (χ1) is 23.2. The molecule has 17 nitrogen and oxygen atoms in total. The number of benzene rings is 1. The summed E-state index contributed by atoms with van der Waals surface area (Å²) in [5, 5.41) is 96.2. The Morgan fingerprint density at radius 2 is 1.58 bits per heavy atom. The number of methoxy groups -OCH3 is 2. The number of aliphatic hydroxyl groups is 8. The average Bonchev–Trinajstić information content (AvgIpc) is 3.33. The zero-order chi connectivity index (χ0) is 37.4. The van der Waals surface area contributed by atoms with Gasteiger partial charge >= 0.3 is 5.97 Å². The first-order valence-electron chi connectivity index (χ1n) is 16.1. The summed E-state index contributed by atoms with van der Waals surface area (Å²) in [5.41, 5.74) is -6.55. The Kier molecular flexibility index (Phi) is 12.1. The summed E-state index contributed by atoms with van der Waals surface area (Å²) in [4.78, 5) is 12.7. The number of carbonyl (C=O) groups excluding carboxylic acids is 1. The van der Waals surface area contributed by atoms with Crippen molar-refractivity contribution in [3.63, 3.8) is 0 Å². The third-order valence-electron chi connectivity index (χ3n) is 9.76. The summed E-state index contributed by atoms with van der Waals surface area (Å²) in [5.74, 6) is -1.39. The molecule has 2 heterocycles. The van der Waals surface area contributed by atoms with Crippen molar-refractivity contribution in [2.75, 3.05) is 34.0 Å². The maximum atomic E-state index is 12.7. The van der Waals surface area contributed by atoms with E-state index in [0.29, 0.717) is 0 Å². The summed E-state index contributed by atoms with van der Waals surface area (Å²) in [6, 6.07) is 2.40. The molecule has 1 saturated carbocycles. The van der Waals surface area contributed by atoms with E-state index >= 15 is 0 Å². The minimum atomic E-state index is -2.11. The van der Waals surface area contributed by atoms with Gasteiger partial charge in [-0.15, -0.1) is 0 Å². The molecule has 2 aliphatic heterocycles. The molecule has 17 heteroatoms. The molecule has 1 aromatic rings. The van der Waals surface area contributed by atoms with Gasteiger partial charge in [0.05, 0.1) is 50.8 Å². The average molecular weight is 719 g/mol. The van der Waals surface area contributed by atoms with E-state index in [-0.39, 0.29) is 35.7 Å². The summed E-state index contributed by atoms with van der Waals surface area (Å²) in [6.07, 6.45) is -9.86. The van der Waals surface area contributed by atoms with Gasteiger partial charge in [0, 0.05) is 11.8 Å². The molecule has 2 saturated heterocycles. The largest absolute Gasteiger partial charge is 0.502 e. The summed E-state index contributed by atoms with van der Waals surface area (Å²) < 4.78 is 37.6. The van der Waals surface area contributed by atoms with Crippen molar-refractivity contribution in [3.8, 4) is 17.2 Å². The predicted molar refractivity (Wildman–Crippen MR) is 169 cm³/mol. The fourth-order valence-corrected chi connectivity index (χ4v) is 6.66. The minimum Gasteiger partial charge on any atom is -0.502 e. The van der Waals surface area contributed by atoms with Crippen LogP contribution in [0.5, 0.6) is 17.2 Å². The van der Waals surface area contributed by atoms with Crippen LogP contribution in [0.3, 0.4) is 0 Å². The minimum absolute atomic E-state index is 0.0598. The quantitative estimate of drug-likeness (QED) is 0.0876. The number of aliphatic hydroxyl groups excluding tert-OH is 5. The van der Waals surface area contributed by atoms with Crippen molar-refractivity contribution < 1.29 is 83.9 Å². The third-order valence-corrected chi connectivity index (χ3v) is 9.76. The molecule has 50 heavy (non-hydrogen) atoms. The van der Waals surface area contributed by atoms with Gasteiger partial charge in [-0.25, -0.2) is 4.79 Å². The Hall–Kier alpha value is -2.65. The number of rotatable bonds is 12. The molecule has 0 amide bonds. The number of phenols is 1. The van der Waals surface area contributed by atoms with Gasteiger partial charge < -0.3 is 79.1 Å². The van der Waals surface area contributed by atoms with Gasteiger partial charge in [0.1, 0.15) is 42.7 Å². The molecule has 12 atom stereocenters. The zero-order valence-electron chi connectivity index (χ0n) is 28.8. The maximum absolute atomic E-state index is 12.7. The lowest BCUT2D eigenvalue weighted by atomic mass is 9.57. The van der Waals surface area contributed by atoms with Crippen LogP contribution in [0.2, 0.25) is 0 Å². The number of hydrogen-bond donors (Lipinski definition) is 9. The molecule has 3 aliphatic rings. The number of ether oxygens (including phenoxy) is 7. The molecule has 0 aromatic heterocycles. The molecule has 284 valence electrons. The third kappa shape index (κ3) is 7.89. The smallest absolute Gasteiger partial charge is 0.338 e. The lowest BCUT2D eigenvalue weighted by Crippen LogP contribution is -2.65. The van der Waals surface area contributed by atoms with Gasteiger partial charge in [-0.1, -0.05) is 26.0 Å². The van der Waals surface area contributed by atoms with E-state index in [9.17, 15) is 50.8 Å². The van der Waals surface area contributed by atoms with Gasteiger partial charge in [-0.05, 0) is 32.4 Å². The van der Waals surface area contributed by atoms with Crippen molar-refractivity contribution in [1.29, 1.82) is 0 Å². The molecule has 4 rings (SSSR count). The van der Waals surface area contributed by atoms with Gasteiger partial charge in [0.15, 0.2) is 29.7 Å². The van der Waals surface area contributed by atoms with Crippen LogP contribution >= 0.6 is 0 Å². The van der Waals surface area contributed by atoms with Gasteiger partial charge in [0.2, 0.25) is 5.75 Å². The molecule has 9 N–H and O–H groups in total. The molecule has 0 bridgehead atoms.